The molecule has 2 unspecified atom stereocenters. The Morgan fingerprint density at radius 1 is 0.865 bits per heavy atom. The highest BCUT2D eigenvalue weighted by molar-refractivity contribution is 5.79. The number of carbonyl (C=O) groups excluding carboxylic acids is 1. The fourth-order valence-electron chi connectivity index (χ4n) is 10.1. The molecule has 2 heterocycles. The normalized spacial score (nSPS) is 39.4. The number of hydrogen-bond donors (Lipinski definition) is 1. The van der Waals surface area contributed by atoms with Gasteiger partial charge in [-0.15, -0.1) is 0 Å². The minimum atomic E-state index is -0.679. The number of carbonyl (C=O) groups is 1. The van der Waals surface area contributed by atoms with E-state index >= 15 is 0 Å². The molecule has 0 radical (unpaired) electrons. The quantitative estimate of drug-likeness (QED) is 0.597. The van der Waals surface area contributed by atoms with Crippen molar-refractivity contribution in [3.05, 3.63) is 59.7 Å². The molecule has 5 nitrogen and oxygen atoms in total. The first-order valence-corrected chi connectivity index (χ1v) is 14.5. The molecule has 0 spiro atoms. The van der Waals surface area contributed by atoms with E-state index in [2.05, 4.69) is 48.5 Å². The van der Waals surface area contributed by atoms with Gasteiger partial charge in [-0.25, -0.2) is 4.79 Å². The van der Waals surface area contributed by atoms with Gasteiger partial charge in [-0.05, 0) is 96.8 Å². The zero-order chi connectivity index (χ0) is 24.7. The molecule has 4 saturated carbocycles. The van der Waals surface area contributed by atoms with Crippen molar-refractivity contribution < 1.29 is 19.4 Å². The molecule has 2 aliphatic heterocycles. The van der Waals surface area contributed by atoms with Gasteiger partial charge in [0.05, 0.1) is 30.9 Å². The lowest BCUT2D eigenvalue weighted by molar-refractivity contribution is -0.198. The summed E-state index contributed by atoms with van der Waals surface area (Å²) in [6.45, 7) is 1.33. The predicted octanol–water partition coefficient (Wildman–Crippen LogP) is 5.60. The first-order valence-electron chi connectivity index (χ1n) is 14.5. The molecule has 9 rings (SSSR count). The van der Waals surface area contributed by atoms with Crippen LogP contribution in [0.5, 0.6) is 0 Å². The minimum Gasteiger partial charge on any atom is -0.448 e. The molecular weight excluding hydrogens is 462 g/mol. The van der Waals surface area contributed by atoms with Crippen molar-refractivity contribution in [2.75, 3.05) is 19.8 Å². The molecule has 7 aliphatic rings. The number of morpholine rings is 1. The van der Waals surface area contributed by atoms with Crippen LogP contribution >= 0.6 is 0 Å². The van der Waals surface area contributed by atoms with Gasteiger partial charge in [0.2, 0.25) is 0 Å². The van der Waals surface area contributed by atoms with Crippen molar-refractivity contribution in [3.8, 4) is 11.1 Å². The molecule has 5 aliphatic carbocycles. The van der Waals surface area contributed by atoms with Crippen LogP contribution in [0.4, 0.5) is 4.79 Å². The summed E-state index contributed by atoms with van der Waals surface area (Å²) in [4.78, 5) is 15.5. The molecule has 194 valence electrons. The first kappa shape index (κ1) is 22.6. The number of fused-ring (bicyclic) bond motifs is 5. The Hall–Kier alpha value is -2.37. The molecule has 1 amide bonds. The van der Waals surface area contributed by atoms with Crippen LogP contribution in [-0.4, -0.2) is 53.6 Å². The zero-order valence-corrected chi connectivity index (χ0v) is 21.4. The maximum absolute atomic E-state index is 13.6. The molecule has 6 fully saturated rings. The fourth-order valence-corrected chi connectivity index (χ4v) is 10.1. The molecule has 5 heteroatoms. The van der Waals surface area contributed by atoms with Crippen molar-refractivity contribution in [3.63, 3.8) is 0 Å². The third-order valence-electron chi connectivity index (χ3n) is 11.0. The molecule has 2 atom stereocenters. The van der Waals surface area contributed by atoms with E-state index in [0.29, 0.717) is 50.4 Å². The van der Waals surface area contributed by atoms with Crippen molar-refractivity contribution >= 4 is 6.09 Å². The zero-order valence-electron chi connectivity index (χ0n) is 21.4. The van der Waals surface area contributed by atoms with E-state index in [-0.39, 0.29) is 24.1 Å². The summed E-state index contributed by atoms with van der Waals surface area (Å²) in [5.41, 5.74) is 4.26. The lowest BCUT2D eigenvalue weighted by atomic mass is 9.47. The second-order valence-electron chi connectivity index (χ2n) is 13.0. The van der Waals surface area contributed by atoms with Gasteiger partial charge in [0, 0.05) is 5.92 Å². The van der Waals surface area contributed by atoms with E-state index in [9.17, 15) is 9.90 Å². The number of hydrogen-bond acceptors (Lipinski definition) is 4. The summed E-state index contributed by atoms with van der Waals surface area (Å²) in [5, 5.41) is 12.2. The highest BCUT2D eigenvalue weighted by Gasteiger charge is 2.59. The van der Waals surface area contributed by atoms with E-state index in [1.54, 1.807) is 0 Å². The standard InChI is InChI=1S/C32H37NO4/c34-31(37-18-29-27-7-3-1-5-25(27)26-6-2-4-8-28(26)29)33-23-14-32(35,15-24(33)17-36-16-23)30-21-10-19-9-20(12-21)13-22(30)11-19/h1-8,19-24,29-30,35H,9-18H2. The molecule has 2 aromatic carbocycles. The minimum absolute atomic E-state index is 0.0576. The predicted molar refractivity (Wildman–Crippen MR) is 140 cm³/mol. The van der Waals surface area contributed by atoms with Gasteiger partial charge in [-0.1, -0.05) is 48.5 Å². The Morgan fingerprint density at radius 2 is 1.41 bits per heavy atom. The van der Waals surface area contributed by atoms with Crippen molar-refractivity contribution in [1.82, 2.24) is 4.90 Å². The molecule has 2 saturated heterocycles. The number of ether oxygens (including phenoxy) is 2. The van der Waals surface area contributed by atoms with E-state index in [1.807, 2.05) is 4.90 Å². The van der Waals surface area contributed by atoms with Crippen molar-refractivity contribution in [1.29, 1.82) is 0 Å². The maximum Gasteiger partial charge on any atom is 0.410 e. The topological polar surface area (TPSA) is 59.0 Å². The van der Waals surface area contributed by atoms with Crippen LogP contribution in [0.15, 0.2) is 48.5 Å². The van der Waals surface area contributed by atoms with Crippen molar-refractivity contribution in [2.24, 2.45) is 29.6 Å². The van der Waals surface area contributed by atoms with E-state index in [0.717, 1.165) is 11.8 Å². The molecular formula is C32H37NO4. The SMILES string of the molecule is O=C(OCC1c2ccccc2-c2ccccc21)N1C2COCC1CC(O)(C1C3CC4CC(C3)CC1C4)C2. The van der Waals surface area contributed by atoms with Gasteiger partial charge < -0.3 is 14.6 Å². The second kappa shape index (κ2) is 8.31. The van der Waals surface area contributed by atoms with Crippen LogP contribution in [-0.2, 0) is 9.47 Å². The van der Waals surface area contributed by atoms with Gasteiger partial charge in [-0.2, -0.15) is 0 Å². The third-order valence-corrected chi connectivity index (χ3v) is 11.0. The van der Waals surface area contributed by atoms with Crippen LogP contribution in [0.2, 0.25) is 0 Å². The van der Waals surface area contributed by atoms with Gasteiger partial charge in [0.1, 0.15) is 6.61 Å². The average Bonchev–Trinajstić information content (AvgIpc) is 3.20. The van der Waals surface area contributed by atoms with Gasteiger partial charge in [-0.3, -0.25) is 4.90 Å². The summed E-state index contributed by atoms with van der Waals surface area (Å²) in [7, 11) is 0. The number of aliphatic hydroxyl groups is 1. The van der Waals surface area contributed by atoms with Crippen LogP contribution < -0.4 is 0 Å². The summed E-state index contributed by atoms with van der Waals surface area (Å²) in [6, 6.07) is 16.7. The van der Waals surface area contributed by atoms with Crippen LogP contribution in [0.3, 0.4) is 0 Å². The van der Waals surface area contributed by atoms with Crippen LogP contribution in [0.1, 0.15) is 62.0 Å². The third kappa shape index (κ3) is 3.46. The largest absolute Gasteiger partial charge is 0.448 e. The Labute approximate surface area is 219 Å². The van der Waals surface area contributed by atoms with Crippen LogP contribution in [0, 0.1) is 29.6 Å². The van der Waals surface area contributed by atoms with E-state index < -0.39 is 5.60 Å². The molecule has 2 aromatic rings. The molecule has 0 aromatic heterocycles. The maximum atomic E-state index is 13.6. The van der Waals surface area contributed by atoms with Crippen LogP contribution in [0.25, 0.3) is 11.1 Å². The second-order valence-corrected chi connectivity index (χ2v) is 13.0. The molecule has 6 bridgehead atoms. The first-order chi connectivity index (χ1) is 18.1. The number of rotatable bonds is 3. The summed E-state index contributed by atoms with van der Waals surface area (Å²) >= 11 is 0. The highest BCUT2D eigenvalue weighted by Crippen LogP contribution is 2.61. The number of benzene rings is 2. The lowest BCUT2D eigenvalue weighted by Crippen LogP contribution is -2.67. The van der Waals surface area contributed by atoms with Gasteiger partial charge in [0.15, 0.2) is 0 Å². The lowest BCUT2D eigenvalue weighted by Gasteiger charge is -2.62. The average molecular weight is 500 g/mol. The van der Waals surface area contributed by atoms with E-state index in [4.69, 9.17) is 9.47 Å². The Balaban J connectivity index is 1.00. The summed E-state index contributed by atoms with van der Waals surface area (Å²) in [6.07, 6.45) is 7.66. The van der Waals surface area contributed by atoms with Crippen molar-refractivity contribution in [2.45, 2.75) is 68.5 Å². The highest BCUT2D eigenvalue weighted by atomic mass is 16.6. The van der Waals surface area contributed by atoms with Gasteiger partial charge >= 0.3 is 6.09 Å². The number of piperidine rings is 1. The number of nitrogens with zero attached hydrogens (tertiary/aromatic N) is 1. The molecule has 37 heavy (non-hydrogen) atoms. The number of amides is 1. The fraction of sp³-hybridized carbons (Fsp3) is 0.594. The summed E-state index contributed by atoms with van der Waals surface area (Å²) in [5.74, 6) is 3.58. The smallest absolute Gasteiger partial charge is 0.410 e. The molecule has 1 N–H and O–H groups in total. The Morgan fingerprint density at radius 3 is 1.97 bits per heavy atom. The summed E-state index contributed by atoms with van der Waals surface area (Å²) < 4.78 is 12.0. The van der Waals surface area contributed by atoms with E-state index in [1.165, 1.54) is 54.4 Å². The Kier molecular flexibility index (Phi) is 5.08. The van der Waals surface area contributed by atoms with Gasteiger partial charge in [0.25, 0.3) is 0 Å². The Bertz CT molecular complexity index is 1140. The monoisotopic (exact) mass is 499 g/mol.